The second-order valence-corrected chi connectivity index (χ2v) is 6.28. The number of carboxylic acids is 1. The Labute approximate surface area is 177 Å². The van der Waals surface area contributed by atoms with Gasteiger partial charge in [-0.2, -0.15) is 4.52 Å². The van der Waals surface area contributed by atoms with E-state index < -0.39 is 23.5 Å². The second-order valence-electron chi connectivity index (χ2n) is 6.01. The molecule has 0 saturated carbocycles. The average Bonchev–Trinajstić information content (AvgIpc) is 3.27. The van der Waals surface area contributed by atoms with Gasteiger partial charge in [-0.15, -0.1) is 0 Å². The van der Waals surface area contributed by atoms with Crippen LogP contribution in [-0.4, -0.2) is 53.6 Å². The lowest BCUT2D eigenvalue weighted by Gasteiger charge is -2.02. The number of fused-ring (bicyclic) bond motifs is 2. The van der Waals surface area contributed by atoms with Gasteiger partial charge in [0.05, 0.1) is 12.6 Å². The number of ether oxygens (including phenoxy) is 1. The third kappa shape index (κ3) is 4.31. The zero-order chi connectivity index (χ0) is 22.7. The van der Waals surface area contributed by atoms with Gasteiger partial charge >= 0.3 is 17.7 Å². The number of hydrogen-bond donors (Lipinski definition) is 3. The van der Waals surface area contributed by atoms with Crippen LogP contribution in [0.2, 0.25) is 0 Å². The van der Waals surface area contributed by atoms with E-state index in [-0.39, 0.29) is 17.1 Å². The number of rotatable bonds is 4. The number of esters is 1. The van der Waals surface area contributed by atoms with Gasteiger partial charge in [-0.25, -0.2) is 24.2 Å². The maximum Gasteiger partial charge on any atom is 0.419 e. The highest BCUT2D eigenvalue weighted by Crippen LogP contribution is 2.16. The van der Waals surface area contributed by atoms with Gasteiger partial charge in [-0.1, -0.05) is 16.4 Å². The number of benzene rings is 1. The van der Waals surface area contributed by atoms with Crippen LogP contribution in [0, 0.1) is 0 Å². The minimum atomic E-state index is -1.35. The van der Waals surface area contributed by atoms with E-state index in [1.807, 2.05) is 12.1 Å². The van der Waals surface area contributed by atoms with E-state index in [1.54, 1.807) is 13.1 Å². The molecular weight excluding hydrogens is 436 g/mol. The number of nitrogens with one attached hydrogen (secondary N) is 1. The lowest BCUT2D eigenvalue weighted by atomic mass is 10.2. The first kappa shape index (κ1) is 21.7. The molecule has 3 aromatic heterocycles. The molecule has 162 valence electrons. The van der Waals surface area contributed by atoms with Gasteiger partial charge in [0, 0.05) is 19.7 Å². The molecule has 0 aliphatic rings. The molecule has 0 bridgehead atoms. The van der Waals surface area contributed by atoms with Crippen molar-refractivity contribution >= 4 is 40.5 Å². The van der Waals surface area contributed by atoms with Gasteiger partial charge in [0.2, 0.25) is 5.65 Å². The standard InChI is InChI=1S/C9H9ClN2O2.C8H6N4O5/c1-12-7-4-6(5-11-10)2-3-8(7)14-9(12)13;1-17-8(16)4-2-3(7(14)15)9-5-6(13)10-11-12(4)5/h2-4,11H,5H2,1H3;2,13H,1H3,(H,14,15). The minimum Gasteiger partial charge on any atom is -0.489 e. The molecule has 1 aromatic carbocycles. The first-order valence-electron chi connectivity index (χ1n) is 8.45. The number of aromatic hydroxyl groups is 1. The minimum absolute atomic E-state index is 0.192. The smallest absolute Gasteiger partial charge is 0.419 e. The Balaban J connectivity index is 0.000000179. The lowest BCUT2D eigenvalue weighted by Crippen LogP contribution is -2.13. The van der Waals surface area contributed by atoms with Gasteiger partial charge in [0.25, 0.3) is 5.88 Å². The fourth-order valence-corrected chi connectivity index (χ4v) is 2.74. The van der Waals surface area contributed by atoms with Crippen LogP contribution in [0.3, 0.4) is 0 Å². The number of aromatic nitrogens is 5. The molecule has 3 heterocycles. The zero-order valence-electron chi connectivity index (χ0n) is 16.1. The van der Waals surface area contributed by atoms with E-state index in [9.17, 15) is 19.5 Å². The molecule has 0 aliphatic carbocycles. The van der Waals surface area contributed by atoms with Gasteiger partial charge in [0.15, 0.2) is 17.0 Å². The van der Waals surface area contributed by atoms with E-state index in [0.29, 0.717) is 12.1 Å². The number of aryl methyl sites for hydroxylation is 1. The van der Waals surface area contributed by atoms with E-state index in [0.717, 1.165) is 28.8 Å². The van der Waals surface area contributed by atoms with Crippen LogP contribution in [0.15, 0.2) is 33.5 Å². The molecule has 4 aromatic rings. The molecule has 0 aliphatic heterocycles. The highest BCUT2D eigenvalue weighted by atomic mass is 35.5. The summed E-state index contributed by atoms with van der Waals surface area (Å²) in [6.45, 7) is 0.552. The first-order valence-corrected chi connectivity index (χ1v) is 8.83. The third-order valence-electron chi connectivity index (χ3n) is 4.10. The Morgan fingerprint density at radius 3 is 2.71 bits per heavy atom. The van der Waals surface area contributed by atoms with Crippen LogP contribution in [0.4, 0.5) is 0 Å². The van der Waals surface area contributed by atoms with Crippen molar-refractivity contribution in [3.05, 3.63) is 51.8 Å². The van der Waals surface area contributed by atoms with Crippen molar-refractivity contribution in [3.63, 3.8) is 0 Å². The summed E-state index contributed by atoms with van der Waals surface area (Å²) in [5.41, 5.74) is 1.53. The molecule has 31 heavy (non-hydrogen) atoms. The number of oxazole rings is 1. The highest BCUT2D eigenvalue weighted by molar-refractivity contribution is 6.13. The number of halogens is 1. The lowest BCUT2D eigenvalue weighted by molar-refractivity contribution is 0.0590. The molecule has 0 atom stereocenters. The second kappa shape index (κ2) is 8.81. The van der Waals surface area contributed by atoms with Crippen LogP contribution in [0.1, 0.15) is 26.5 Å². The summed E-state index contributed by atoms with van der Waals surface area (Å²) in [6, 6.07) is 6.48. The number of nitrogens with zero attached hydrogens (tertiary/aromatic N) is 5. The molecule has 4 rings (SSSR count). The molecule has 0 amide bonds. The third-order valence-corrected chi connectivity index (χ3v) is 4.23. The zero-order valence-corrected chi connectivity index (χ0v) is 16.8. The predicted octanol–water partition coefficient (Wildman–Crippen LogP) is 0.690. The molecule has 0 unspecified atom stereocenters. The van der Waals surface area contributed by atoms with Crippen molar-refractivity contribution < 1.29 is 29.0 Å². The van der Waals surface area contributed by atoms with Crippen LogP contribution in [-0.2, 0) is 18.3 Å². The topological polar surface area (TPSA) is 174 Å². The summed E-state index contributed by atoms with van der Waals surface area (Å²) in [4.78, 5) is 39.5. The van der Waals surface area contributed by atoms with Crippen molar-refractivity contribution in [1.29, 1.82) is 0 Å². The molecule has 13 nitrogen and oxygen atoms in total. The highest BCUT2D eigenvalue weighted by Gasteiger charge is 2.20. The van der Waals surface area contributed by atoms with E-state index >= 15 is 0 Å². The van der Waals surface area contributed by atoms with Crippen molar-refractivity contribution in [2.45, 2.75) is 6.54 Å². The Hall–Kier alpha value is -3.97. The van der Waals surface area contributed by atoms with Crippen molar-refractivity contribution in [2.75, 3.05) is 7.11 Å². The molecule has 0 fully saturated rings. The van der Waals surface area contributed by atoms with Crippen LogP contribution in [0.25, 0.3) is 16.7 Å². The Bertz CT molecular complexity index is 1340. The number of carbonyl (C=O) groups excluding carboxylic acids is 1. The van der Waals surface area contributed by atoms with Gasteiger partial charge in [0.1, 0.15) is 0 Å². The predicted molar refractivity (Wildman–Crippen MR) is 105 cm³/mol. The number of aromatic carboxylic acids is 1. The van der Waals surface area contributed by atoms with E-state index in [4.69, 9.17) is 21.3 Å². The fourth-order valence-electron chi connectivity index (χ4n) is 2.58. The number of carbonyl (C=O) groups is 2. The summed E-state index contributed by atoms with van der Waals surface area (Å²) in [5.74, 6) is -3.09. The maximum atomic E-state index is 11.4. The molecule has 3 N–H and O–H groups in total. The molecule has 0 radical (unpaired) electrons. The van der Waals surface area contributed by atoms with Crippen LogP contribution in [0.5, 0.6) is 5.88 Å². The molecule has 14 heteroatoms. The van der Waals surface area contributed by atoms with Crippen molar-refractivity contribution in [1.82, 2.24) is 29.2 Å². The summed E-state index contributed by atoms with van der Waals surface area (Å²) in [5, 5.41) is 24.8. The van der Waals surface area contributed by atoms with Gasteiger partial charge < -0.3 is 19.4 Å². The molecule has 0 saturated heterocycles. The van der Waals surface area contributed by atoms with E-state index in [2.05, 4.69) is 24.9 Å². The number of hydrogen-bond acceptors (Lipinski definition) is 10. The SMILES string of the molecule is COC(=O)c1cc(C(=O)O)nc2c(O)nnn12.Cn1c(=O)oc2ccc(CNCl)cc21. The summed E-state index contributed by atoms with van der Waals surface area (Å²) in [7, 11) is 2.80. The molecular formula is C17H15ClN6O7. The van der Waals surface area contributed by atoms with Crippen LogP contribution < -0.4 is 10.6 Å². The average molecular weight is 451 g/mol. The van der Waals surface area contributed by atoms with E-state index in [1.165, 1.54) is 4.57 Å². The Kier molecular flexibility index (Phi) is 6.17. The normalized spacial score (nSPS) is 10.7. The summed E-state index contributed by atoms with van der Waals surface area (Å²) >= 11 is 5.39. The largest absolute Gasteiger partial charge is 0.489 e. The number of carboxylic acid groups (broad SMARTS) is 1. The van der Waals surface area contributed by atoms with Crippen molar-refractivity contribution in [3.8, 4) is 5.88 Å². The van der Waals surface area contributed by atoms with Crippen molar-refractivity contribution in [2.24, 2.45) is 7.05 Å². The number of methoxy groups -OCH3 is 1. The Morgan fingerprint density at radius 2 is 2.06 bits per heavy atom. The summed E-state index contributed by atoms with van der Waals surface area (Å²) < 4.78 is 11.8. The monoisotopic (exact) mass is 450 g/mol. The van der Waals surface area contributed by atoms with Crippen LogP contribution >= 0.6 is 11.8 Å². The Morgan fingerprint density at radius 1 is 1.32 bits per heavy atom. The first-order chi connectivity index (χ1) is 14.8. The van der Waals surface area contributed by atoms with Gasteiger partial charge in [-0.3, -0.25) is 4.57 Å². The quantitative estimate of drug-likeness (QED) is 0.294. The van der Waals surface area contributed by atoms with Gasteiger partial charge in [-0.05, 0) is 29.5 Å². The fraction of sp³-hybridized carbons (Fsp3) is 0.176. The summed E-state index contributed by atoms with van der Waals surface area (Å²) in [6.07, 6.45) is 0. The maximum absolute atomic E-state index is 11.4. The molecule has 0 spiro atoms.